The molecule has 0 bridgehead atoms. The lowest BCUT2D eigenvalue weighted by atomic mass is 9.77. The standard InChI is InChI=1S/C17H17NO2.C4H6O6/c1-18-8-7-10-3-2-4-12-15(10)13(18)9-11-5-6-14(19)17(20)16(11)12;5-1(3(7)8)2(6)4(9)10/h2-6,13,19-20H,7-9H2,1H3;1-2,5-6H,(H,7,8)(H,9,10)/p-2/t13-;/m1./s1. The quantitative estimate of drug-likeness (QED) is 0.417. The van der Waals surface area contributed by atoms with Gasteiger partial charge in [0.15, 0.2) is 11.5 Å². The highest BCUT2D eigenvalue weighted by atomic mass is 16.4. The number of fused-ring (bicyclic) bond motifs is 2. The first-order valence-electron chi connectivity index (χ1n) is 9.27. The first kappa shape index (κ1) is 21.6. The Morgan fingerprint density at radius 1 is 1.03 bits per heavy atom. The van der Waals surface area contributed by atoms with E-state index in [0.29, 0.717) is 6.04 Å². The topological polar surface area (TPSA) is 164 Å². The molecule has 0 amide bonds. The van der Waals surface area contributed by atoms with Crippen molar-refractivity contribution in [1.82, 2.24) is 4.90 Å². The van der Waals surface area contributed by atoms with E-state index in [0.717, 1.165) is 36.1 Å². The lowest BCUT2D eigenvalue weighted by Gasteiger charge is -2.39. The Balaban J connectivity index is 0.000000220. The van der Waals surface area contributed by atoms with Gasteiger partial charge in [0.05, 0.1) is 11.9 Å². The fourth-order valence-corrected chi connectivity index (χ4v) is 3.93. The third-order valence-corrected chi connectivity index (χ3v) is 5.50. The maximum atomic E-state index is 10.3. The van der Waals surface area contributed by atoms with Gasteiger partial charge < -0.3 is 40.2 Å². The number of carbonyl (C=O) groups is 2. The smallest absolute Gasteiger partial charge is 0.165 e. The number of aliphatic hydroxyl groups is 2. The van der Waals surface area contributed by atoms with E-state index in [1.54, 1.807) is 6.07 Å². The molecule has 30 heavy (non-hydrogen) atoms. The first-order valence-corrected chi connectivity index (χ1v) is 9.27. The van der Waals surface area contributed by atoms with Crippen molar-refractivity contribution < 1.29 is 40.2 Å². The van der Waals surface area contributed by atoms with Gasteiger partial charge in [-0.15, -0.1) is 0 Å². The summed E-state index contributed by atoms with van der Waals surface area (Å²) in [6, 6.07) is 10.2. The van der Waals surface area contributed by atoms with Gasteiger partial charge in [0, 0.05) is 18.2 Å². The Kier molecular flexibility index (Phi) is 5.97. The van der Waals surface area contributed by atoms with Crippen LogP contribution >= 0.6 is 0 Å². The van der Waals surface area contributed by atoms with Crippen LogP contribution < -0.4 is 10.2 Å². The van der Waals surface area contributed by atoms with Crippen LogP contribution in [0, 0.1) is 0 Å². The van der Waals surface area contributed by atoms with Crippen molar-refractivity contribution in [1.29, 1.82) is 0 Å². The van der Waals surface area contributed by atoms with E-state index in [4.69, 9.17) is 10.2 Å². The number of nitrogens with zero attached hydrogens (tertiary/aromatic N) is 1. The average molecular weight is 415 g/mol. The Hall–Kier alpha value is -3.14. The van der Waals surface area contributed by atoms with Crippen LogP contribution in [0.5, 0.6) is 11.5 Å². The molecule has 2 aliphatic rings. The molecule has 9 heteroatoms. The van der Waals surface area contributed by atoms with Crippen molar-refractivity contribution in [2.75, 3.05) is 13.6 Å². The second-order valence-corrected chi connectivity index (χ2v) is 7.32. The number of carboxylic acids is 2. The fourth-order valence-electron chi connectivity index (χ4n) is 3.93. The van der Waals surface area contributed by atoms with E-state index in [9.17, 15) is 30.0 Å². The van der Waals surface area contributed by atoms with Gasteiger partial charge >= 0.3 is 0 Å². The molecule has 0 aromatic heterocycles. The van der Waals surface area contributed by atoms with E-state index in [1.807, 2.05) is 6.07 Å². The van der Waals surface area contributed by atoms with Crippen molar-refractivity contribution in [2.24, 2.45) is 0 Å². The lowest BCUT2D eigenvalue weighted by Crippen LogP contribution is -2.51. The molecule has 0 saturated heterocycles. The molecule has 160 valence electrons. The highest BCUT2D eigenvalue weighted by Crippen LogP contribution is 2.49. The monoisotopic (exact) mass is 415 g/mol. The summed E-state index contributed by atoms with van der Waals surface area (Å²) in [6.45, 7) is 1.07. The van der Waals surface area contributed by atoms with Crippen LogP contribution in [-0.4, -0.2) is 63.1 Å². The van der Waals surface area contributed by atoms with Gasteiger partial charge in [-0.1, -0.05) is 24.3 Å². The number of rotatable bonds is 3. The number of carbonyl (C=O) groups excluding carboxylic acids is 2. The molecule has 2 aromatic rings. The predicted octanol–water partition coefficient (Wildman–Crippen LogP) is -1.94. The van der Waals surface area contributed by atoms with Gasteiger partial charge in [-0.3, -0.25) is 4.90 Å². The molecule has 3 atom stereocenters. The second-order valence-electron chi connectivity index (χ2n) is 7.32. The van der Waals surface area contributed by atoms with Crippen LogP contribution in [0.3, 0.4) is 0 Å². The molecule has 1 aliphatic carbocycles. The number of aromatic hydroxyl groups is 2. The molecular weight excluding hydrogens is 394 g/mol. The Labute approximate surface area is 172 Å². The zero-order valence-corrected chi connectivity index (χ0v) is 16.1. The number of carboxylic acid groups (broad SMARTS) is 2. The number of aliphatic hydroxyl groups excluding tert-OH is 2. The highest BCUT2D eigenvalue weighted by molar-refractivity contribution is 5.82. The minimum Gasteiger partial charge on any atom is -0.547 e. The van der Waals surface area contributed by atoms with Crippen LogP contribution in [-0.2, 0) is 22.4 Å². The summed E-state index contributed by atoms with van der Waals surface area (Å²) in [6.07, 6.45) is -2.94. The summed E-state index contributed by atoms with van der Waals surface area (Å²) < 4.78 is 0. The lowest BCUT2D eigenvalue weighted by molar-refractivity contribution is -0.333. The molecule has 0 spiro atoms. The molecule has 1 aliphatic heterocycles. The Bertz CT molecular complexity index is 971. The zero-order chi connectivity index (χ0) is 22.2. The molecule has 0 saturated carbocycles. The number of hydrogen-bond donors (Lipinski definition) is 4. The van der Waals surface area contributed by atoms with Crippen molar-refractivity contribution in [3.8, 4) is 22.6 Å². The maximum absolute atomic E-state index is 10.3. The molecule has 4 rings (SSSR count). The van der Waals surface area contributed by atoms with Crippen LogP contribution in [0.25, 0.3) is 11.1 Å². The van der Waals surface area contributed by atoms with E-state index < -0.39 is 24.1 Å². The van der Waals surface area contributed by atoms with Gasteiger partial charge in [0.2, 0.25) is 0 Å². The largest absolute Gasteiger partial charge is 0.547 e. The second kappa shape index (κ2) is 8.31. The van der Waals surface area contributed by atoms with Crippen LogP contribution in [0.2, 0.25) is 0 Å². The van der Waals surface area contributed by atoms with Gasteiger partial charge in [0.1, 0.15) is 12.2 Å². The molecule has 0 fully saturated rings. The van der Waals surface area contributed by atoms with Crippen molar-refractivity contribution in [2.45, 2.75) is 31.1 Å². The van der Waals surface area contributed by atoms with E-state index >= 15 is 0 Å². The highest BCUT2D eigenvalue weighted by Gasteiger charge is 2.34. The molecule has 1 heterocycles. The SMILES string of the molecule is CN1CCc2cccc3c2[C@H]1Cc1ccc(O)c(O)c1-3.O=C([O-])C(O)C(O)C(=O)[O-]. The molecule has 0 radical (unpaired) electrons. The molecule has 9 nitrogen and oxygen atoms in total. The third-order valence-electron chi connectivity index (χ3n) is 5.50. The van der Waals surface area contributed by atoms with Crippen LogP contribution in [0.1, 0.15) is 22.7 Å². The van der Waals surface area contributed by atoms with Crippen molar-refractivity contribution in [3.05, 3.63) is 47.0 Å². The van der Waals surface area contributed by atoms with Gasteiger partial charge in [-0.25, -0.2) is 0 Å². The molecule has 2 unspecified atom stereocenters. The zero-order valence-electron chi connectivity index (χ0n) is 16.1. The summed E-state index contributed by atoms with van der Waals surface area (Å²) >= 11 is 0. The van der Waals surface area contributed by atoms with Gasteiger partial charge in [-0.05, 0) is 48.2 Å². The molecule has 4 N–H and O–H groups in total. The van der Waals surface area contributed by atoms with E-state index in [1.165, 1.54) is 11.1 Å². The van der Waals surface area contributed by atoms with E-state index in [-0.39, 0.29) is 11.5 Å². The number of hydrogen-bond acceptors (Lipinski definition) is 9. The number of phenolic OH excluding ortho intramolecular Hbond substituents is 2. The summed E-state index contributed by atoms with van der Waals surface area (Å²) in [4.78, 5) is 21.7. The van der Waals surface area contributed by atoms with Crippen molar-refractivity contribution in [3.63, 3.8) is 0 Å². The average Bonchev–Trinajstić information content (AvgIpc) is 2.72. The Morgan fingerprint density at radius 3 is 2.27 bits per heavy atom. The van der Waals surface area contributed by atoms with Gasteiger partial charge in [-0.2, -0.15) is 0 Å². The fraction of sp³-hybridized carbons (Fsp3) is 0.333. The number of likely N-dealkylation sites (N-methyl/N-ethyl adjacent to an activating group) is 1. The minimum atomic E-state index is -2.44. The molecular formula is C21H21NO8-2. The van der Waals surface area contributed by atoms with Gasteiger partial charge in [0.25, 0.3) is 0 Å². The normalized spacial score (nSPS) is 18.8. The minimum absolute atomic E-state index is 0.0163. The third kappa shape index (κ3) is 3.82. The number of benzene rings is 2. The number of aliphatic carboxylic acids is 2. The maximum Gasteiger partial charge on any atom is 0.165 e. The number of phenols is 2. The van der Waals surface area contributed by atoms with Crippen LogP contribution in [0.4, 0.5) is 0 Å². The molecule has 2 aromatic carbocycles. The van der Waals surface area contributed by atoms with Crippen molar-refractivity contribution >= 4 is 11.9 Å². The predicted molar refractivity (Wildman–Crippen MR) is 100 cm³/mol. The summed E-state index contributed by atoms with van der Waals surface area (Å²) in [5.41, 5.74) is 5.71. The Morgan fingerprint density at radius 2 is 1.67 bits per heavy atom. The summed E-state index contributed by atoms with van der Waals surface area (Å²) in [5, 5.41) is 55.8. The van der Waals surface area contributed by atoms with Crippen LogP contribution in [0.15, 0.2) is 30.3 Å². The first-order chi connectivity index (χ1) is 14.1. The summed E-state index contributed by atoms with van der Waals surface area (Å²) in [5.74, 6) is -4.14. The van der Waals surface area contributed by atoms with E-state index in [2.05, 4.69) is 30.1 Å². The summed E-state index contributed by atoms with van der Waals surface area (Å²) in [7, 11) is 2.16.